The van der Waals surface area contributed by atoms with Crippen molar-refractivity contribution in [2.75, 3.05) is 13.1 Å². The van der Waals surface area contributed by atoms with Crippen LogP contribution in [-0.2, 0) is 62.9 Å². The zero-order valence-corrected chi connectivity index (χ0v) is 21.9. The Morgan fingerprint density at radius 1 is 0.655 bits per heavy atom. The van der Waals surface area contributed by atoms with Gasteiger partial charge in [-0.15, -0.1) is 0 Å². The molecule has 4 rings (SSSR count). The SMILES string of the molecule is [CH3-].[Mn].[Y].c1cc2nc(c1)CN[C@H]1CCCC[C@@H]1NCCN[C@H]1CCCC[C@@H]1NC2. The second kappa shape index (κ2) is 14.6. The average molecular weight is 516 g/mol. The van der Waals surface area contributed by atoms with E-state index in [0.29, 0.717) is 24.2 Å². The smallest absolute Gasteiger partial charge is 0.0545 e. The number of rotatable bonds is 0. The molecule has 0 spiro atoms. The predicted molar refractivity (Wildman–Crippen MR) is 112 cm³/mol. The molecule has 3 aliphatic rings. The number of aromatic nitrogens is 1. The normalized spacial score (nSPS) is 30.5. The topological polar surface area (TPSA) is 61.0 Å². The Balaban J connectivity index is 0.00000140. The van der Waals surface area contributed by atoms with Crippen molar-refractivity contribution in [1.29, 1.82) is 0 Å². The van der Waals surface area contributed by atoms with Crippen LogP contribution in [0.25, 0.3) is 0 Å². The molecule has 162 valence electrons. The largest absolute Gasteiger partial charge is 0.358 e. The molecule has 0 unspecified atom stereocenters. The minimum atomic E-state index is 0. The van der Waals surface area contributed by atoms with Crippen LogP contribution in [-0.4, -0.2) is 42.2 Å². The van der Waals surface area contributed by atoms with Crippen molar-refractivity contribution < 1.29 is 49.8 Å². The van der Waals surface area contributed by atoms with E-state index in [2.05, 4.69) is 39.5 Å². The molecule has 1 aromatic heterocycles. The van der Waals surface area contributed by atoms with Crippen molar-refractivity contribution in [2.24, 2.45) is 0 Å². The van der Waals surface area contributed by atoms with Crippen molar-refractivity contribution in [1.82, 2.24) is 26.3 Å². The molecule has 0 saturated heterocycles. The van der Waals surface area contributed by atoms with Gasteiger partial charge < -0.3 is 28.7 Å². The zero-order chi connectivity index (χ0) is 17.6. The molecule has 0 amide bonds. The minimum absolute atomic E-state index is 0. The zero-order valence-electron chi connectivity index (χ0n) is 17.9. The number of hydrogen-bond donors (Lipinski definition) is 4. The van der Waals surface area contributed by atoms with E-state index in [1.165, 1.54) is 62.8 Å². The molecule has 1 aromatic rings. The van der Waals surface area contributed by atoms with Crippen molar-refractivity contribution >= 4 is 0 Å². The fraction of sp³-hybridized carbons (Fsp3) is 0.727. The molecule has 2 heterocycles. The molecular formula is C22H38MnN5Y-. The summed E-state index contributed by atoms with van der Waals surface area (Å²) in [5.41, 5.74) is 2.34. The molecule has 2 bridgehead atoms. The van der Waals surface area contributed by atoms with Gasteiger partial charge in [-0.1, -0.05) is 31.7 Å². The van der Waals surface area contributed by atoms with Crippen LogP contribution in [0.2, 0.25) is 0 Å². The fourth-order valence-corrected chi connectivity index (χ4v) is 4.95. The fourth-order valence-electron chi connectivity index (χ4n) is 4.95. The van der Waals surface area contributed by atoms with Gasteiger partial charge in [-0.3, -0.25) is 4.98 Å². The van der Waals surface area contributed by atoms with E-state index in [0.717, 1.165) is 26.2 Å². The monoisotopic (exact) mass is 516 g/mol. The second-order valence-electron chi connectivity index (χ2n) is 8.29. The number of nitrogens with one attached hydrogen (secondary N) is 4. The first-order valence-corrected chi connectivity index (χ1v) is 10.8. The molecular weight excluding hydrogens is 478 g/mol. The summed E-state index contributed by atoms with van der Waals surface area (Å²) in [6.07, 6.45) is 10.5. The quantitative estimate of drug-likeness (QED) is 0.316. The number of fused-ring (bicyclic) bond motifs is 4. The van der Waals surface area contributed by atoms with Gasteiger partial charge in [-0.2, -0.15) is 0 Å². The number of pyridine rings is 1. The summed E-state index contributed by atoms with van der Waals surface area (Å²) in [7, 11) is 0. The van der Waals surface area contributed by atoms with E-state index in [1.54, 1.807) is 0 Å². The van der Waals surface area contributed by atoms with E-state index < -0.39 is 0 Å². The van der Waals surface area contributed by atoms with E-state index in [-0.39, 0.29) is 57.2 Å². The first kappa shape index (κ1) is 27.6. The first-order chi connectivity index (χ1) is 12.9. The van der Waals surface area contributed by atoms with Crippen LogP contribution in [0.5, 0.6) is 0 Å². The molecule has 29 heavy (non-hydrogen) atoms. The Bertz CT molecular complexity index is 531. The minimum Gasteiger partial charge on any atom is -0.358 e. The van der Waals surface area contributed by atoms with Crippen molar-refractivity contribution in [3.05, 3.63) is 37.0 Å². The summed E-state index contributed by atoms with van der Waals surface area (Å²) < 4.78 is 0. The second-order valence-corrected chi connectivity index (χ2v) is 8.29. The van der Waals surface area contributed by atoms with Crippen molar-refractivity contribution in [3.8, 4) is 0 Å². The van der Waals surface area contributed by atoms with Gasteiger partial charge in [0.15, 0.2) is 0 Å². The van der Waals surface area contributed by atoms with Crippen LogP contribution in [0.15, 0.2) is 18.2 Å². The maximum atomic E-state index is 4.89. The summed E-state index contributed by atoms with van der Waals surface area (Å²) in [6.45, 7) is 3.89. The van der Waals surface area contributed by atoms with Crippen LogP contribution in [0.1, 0.15) is 62.8 Å². The van der Waals surface area contributed by atoms with Crippen LogP contribution in [0.3, 0.4) is 0 Å². The molecule has 7 heteroatoms. The Kier molecular flexibility index (Phi) is 14.0. The summed E-state index contributed by atoms with van der Waals surface area (Å²) >= 11 is 0. The Morgan fingerprint density at radius 3 is 1.45 bits per heavy atom. The van der Waals surface area contributed by atoms with Gasteiger partial charge in [0.1, 0.15) is 0 Å². The molecule has 4 atom stereocenters. The van der Waals surface area contributed by atoms with Crippen LogP contribution in [0.4, 0.5) is 0 Å². The molecule has 5 nitrogen and oxygen atoms in total. The predicted octanol–water partition coefficient (Wildman–Crippen LogP) is 2.52. The standard InChI is InChI=1S/C21H35N5.CH3.Mn.Y/c1-3-10-20-18(8-1)22-12-13-23-19-9-2-4-11-21(19)25-15-17-7-5-6-16(26-17)14-24-20;;;/h5-7,18-25H,1-4,8-15H2;1H3;;/q;-1;;/t18-,19-,20-,21-;;;/m0.../s1. The van der Waals surface area contributed by atoms with E-state index in [4.69, 9.17) is 4.98 Å². The third-order valence-corrected chi connectivity index (χ3v) is 6.43. The first-order valence-electron chi connectivity index (χ1n) is 10.8. The van der Waals surface area contributed by atoms with Crippen LogP contribution in [0, 0.1) is 7.43 Å². The molecule has 2 saturated carbocycles. The Morgan fingerprint density at radius 2 is 1.03 bits per heavy atom. The van der Waals surface area contributed by atoms with Crippen molar-refractivity contribution in [2.45, 2.75) is 88.6 Å². The molecule has 2 radical (unpaired) electrons. The third-order valence-electron chi connectivity index (χ3n) is 6.43. The van der Waals surface area contributed by atoms with Crippen LogP contribution < -0.4 is 21.3 Å². The van der Waals surface area contributed by atoms with E-state index >= 15 is 0 Å². The third kappa shape index (κ3) is 8.23. The molecule has 2 fully saturated rings. The molecule has 1 aliphatic heterocycles. The molecule has 0 aromatic carbocycles. The van der Waals surface area contributed by atoms with Gasteiger partial charge in [0.05, 0.1) is 11.4 Å². The average Bonchev–Trinajstić information content (AvgIpc) is 2.69. The Hall–Kier alpha value is 0.613. The Labute approximate surface area is 213 Å². The van der Waals surface area contributed by atoms with E-state index in [1.807, 2.05) is 0 Å². The maximum absolute atomic E-state index is 4.89. The molecule has 4 N–H and O–H groups in total. The van der Waals surface area contributed by atoms with Gasteiger partial charge in [0.25, 0.3) is 0 Å². The number of hydrogen-bond acceptors (Lipinski definition) is 5. The number of nitrogens with zero attached hydrogens (tertiary/aromatic N) is 1. The van der Waals surface area contributed by atoms with Crippen LogP contribution >= 0.6 is 0 Å². The maximum Gasteiger partial charge on any atom is 0.0545 e. The van der Waals surface area contributed by atoms with Gasteiger partial charge in [-0.25, -0.2) is 0 Å². The summed E-state index contributed by atoms with van der Waals surface area (Å²) in [4.78, 5) is 4.89. The van der Waals surface area contributed by atoms with E-state index in [9.17, 15) is 0 Å². The summed E-state index contributed by atoms with van der Waals surface area (Å²) in [5.74, 6) is 0. The van der Waals surface area contributed by atoms with Gasteiger partial charge >= 0.3 is 0 Å². The molecule has 2 aliphatic carbocycles. The van der Waals surface area contributed by atoms with Gasteiger partial charge in [0, 0.05) is 100 Å². The summed E-state index contributed by atoms with van der Waals surface area (Å²) in [5, 5.41) is 15.2. The van der Waals surface area contributed by atoms with Gasteiger partial charge in [-0.05, 0) is 37.8 Å². The van der Waals surface area contributed by atoms with Crippen molar-refractivity contribution in [3.63, 3.8) is 0 Å². The van der Waals surface area contributed by atoms with Gasteiger partial charge in [0.2, 0.25) is 0 Å². The summed E-state index contributed by atoms with van der Waals surface area (Å²) in [6, 6.07) is 8.81.